The molecule has 28 heavy (non-hydrogen) atoms. The number of hydrogen-bond donors (Lipinski definition) is 1. The zero-order valence-corrected chi connectivity index (χ0v) is 16.2. The summed E-state index contributed by atoms with van der Waals surface area (Å²) < 4.78 is 21.5. The second-order valence-electron chi connectivity index (χ2n) is 5.80. The highest BCUT2D eigenvalue weighted by molar-refractivity contribution is 7.21. The van der Waals surface area contributed by atoms with E-state index in [2.05, 4.69) is 5.32 Å². The summed E-state index contributed by atoms with van der Waals surface area (Å²) >= 11 is 7.47. The van der Waals surface area contributed by atoms with Gasteiger partial charge in [-0.3, -0.25) is 4.79 Å². The minimum Gasteiger partial charge on any atom is -0.497 e. The molecule has 1 aromatic heterocycles. The van der Waals surface area contributed by atoms with Crippen LogP contribution in [0.3, 0.4) is 0 Å². The Morgan fingerprint density at radius 1 is 1.18 bits per heavy atom. The van der Waals surface area contributed by atoms with Crippen LogP contribution in [-0.2, 0) is 9.53 Å². The Labute approximate surface area is 168 Å². The monoisotopic (exact) mass is 419 g/mol. The summed E-state index contributed by atoms with van der Waals surface area (Å²) in [7, 11) is 1.56. The van der Waals surface area contributed by atoms with Crippen molar-refractivity contribution in [3.63, 3.8) is 0 Å². The molecule has 4 rings (SSSR count). The number of fused-ring (bicyclic) bond motifs is 2. The second-order valence-corrected chi connectivity index (χ2v) is 7.23. The fourth-order valence-corrected chi connectivity index (χ4v) is 4.10. The van der Waals surface area contributed by atoms with Crippen LogP contribution in [0.2, 0.25) is 5.02 Å². The second kappa shape index (κ2) is 7.57. The summed E-state index contributed by atoms with van der Waals surface area (Å²) in [6.07, 6.45) is 0. The summed E-state index contributed by atoms with van der Waals surface area (Å²) in [6.45, 7) is -0.298. The molecule has 0 saturated heterocycles. The molecule has 9 heteroatoms. The molecule has 1 aliphatic rings. The first kappa shape index (κ1) is 18.4. The van der Waals surface area contributed by atoms with E-state index in [1.807, 2.05) is 0 Å². The lowest BCUT2D eigenvalue weighted by molar-refractivity contribution is -0.119. The molecule has 2 aromatic carbocycles. The van der Waals surface area contributed by atoms with Gasteiger partial charge in [-0.15, -0.1) is 11.3 Å². The van der Waals surface area contributed by atoms with Gasteiger partial charge in [0.25, 0.3) is 5.91 Å². The van der Waals surface area contributed by atoms with Crippen molar-refractivity contribution in [1.82, 2.24) is 0 Å². The molecule has 0 fully saturated rings. The number of benzene rings is 2. The van der Waals surface area contributed by atoms with Crippen molar-refractivity contribution in [2.75, 3.05) is 25.8 Å². The third-order valence-electron chi connectivity index (χ3n) is 4.01. The quantitative estimate of drug-likeness (QED) is 0.627. The zero-order valence-electron chi connectivity index (χ0n) is 14.6. The number of amides is 1. The van der Waals surface area contributed by atoms with Crippen molar-refractivity contribution in [2.24, 2.45) is 0 Å². The summed E-state index contributed by atoms with van der Waals surface area (Å²) in [6, 6.07) is 10.3. The van der Waals surface area contributed by atoms with Gasteiger partial charge in [-0.1, -0.05) is 11.6 Å². The van der Waals surface area contributed by atoms with Crippen molar-refractivity contribution in [2.45, 2.75) is 0 Å². The molecule has 1 N–H and O–H groups in total. The van der Waals surface area contributed by atoms with Crippen LogP contribution < -0.4 is 19.5 Å². The maximum Gasteiger partial charge on any atom is 0.350 e. The minimum atomic E-state index is -0.661. The number of anilines is 1. The fraction of sp³-hybridized carbons (Fsp3) is 0.158. The molecule has 0 atom stereocenters. The Morgan fingerprint density at radius 3 is 2.82 bits per heavy atom. The first-order valence-corrected chi connectivity index (χ1v) is 9.37. The van der Waals surface area contributed by atoms with Crippen molar-refractivity contribution in [3.05, 3.63) is 46.3 Å². The molecule has 144 valence electrons. The Bertz CT molecular complexity index is 1080. The molecule has 0 bridgehead atoms. The number of carbonyl (C=O) groups is 2. The van der Waals surface area contributed by atoms with Gasteiger partial charge >= 0.3 is 5.97 Å². The Balaban J connectivity index is 1.40. The van der Waals surface area contributed by atoms with Crippen LogP contribution in [0.1, 0.15) is 9.67 Å². The fourth-order valence-electron chi connectivity index (χ4n) is 2.67. The molecule has 0 saturated carbocycles. The highest BCUT2D eigenvalue weighted by atomic mass is 35.5. The first-order chi connectivity index (χ1) is 13.5. The third-order valence-corrected chi connectivity index (χ3v) is 5.65. The standard InChI is InChI=1S/C19H14ClNO6S/c1-24-11-3-4-12-15(7-11)28-18(17(12)20)19(23)25-8-16(22)21-10-2-5-13-14(6-10)27-9-26-13/h2-7H,8-9H2,1H3,(H,21,22). The van der Waals surface area contributed by atoms with Crippen LogP contribution in [0, 0.1) is 0 Å². The van der Waals surface area contributed by atoms with E-state index >= 15 is 0 Å². The van der Waals surface area contributed by atoms with E-state index < -0.39 is 18.5 Å². The highest BCUT2D eigenvalue weighted by Gasteiger charge is 2.20. The molecule has 0 unspecified atom stereocenters. The molecular formula is C19H14ClNO6S. The molecule has 2 heterocycles. The van der Waals surface area contributed by atoms with Crippen LogP contribution in [0.5, 0.6) is 17.2 Å². The van der Waals surface area contributed by atoms with Crippen LogP contribution in [0.15, 0.2) is 36.4 Å². The number of nitrogens with one attached hydrogen (secondary N) is 1. The van der Waals surface area contributed by atoms with Gasteiger partial charge in [-0.2, -0.15) is 0 Å². The summed E-state index contributed by atoms with van der Waals surface area (Å²) in [5.74, 6) is 0.674. The van der Waals surface area contributed by atoms with Crippen LogP contribution in [0.25, 0.3) is 10.1 Å². The van der Waals surface area contributed by atoms with E-state index in [4.69, 9.17) is 30.5 Å². The largest absolute Gasteiger partial charge is 0.497 e. The maximum atomic E-state index is 12.4. The topological polar surface area (TPSA) is 83.1 Å². The van der Waals surface area contributed by atoms with Crippen LogP contribution in [-0.4, -0.2) is 32.4 Å². The summed E-state index contributed by atoms with van der Waals surface area (Å²) in [5.41, 5.74) is 0.511. The predicted molar refractivity (Wildman–Crippen MR) is 105 cm³/mol. The van der Waals surface area contributed by atoms with Crippen molar-refractivity contribution in [3.8, 4) is 17.2 Å². The number of halogens is 1. The average molecular weight is 420 g/mol. The average Bonchev–Trinajstić information content (AvgIpc) is 3.29. The number of rotatable bonds is 5. The molecule has 7 nitrogen and oxygen atoms in total. The lowest BCUT2D eigenvalue weighted by atomic mass is 10.2. The maximum absolute atomic E-state index is 12.4. The predicted octanol–water partition coefficient (Wildman–Crippen LogP) is 4.09. The molecule has 1 aliphatic heterocycles. The molecular weight excluding hydrogens is 406 g/mol. The van der Waals surface area contributed by atoms with Crippen molar-refractivity contribution in [1.29, 1.82) is 0 Å². The van der Waals surface area contributed by atoms with Gasteiger partial charge in [0.2, 0.25) is 6.79 Å². The molecule has 3 aromatic rings. The van der Waals surface area contributed by atoms with Gasteiger partial charge in [0.05, 0.1) is 12.1 Å². The third kappa shape index (κ3) is 3.56. The van der Waals surface area contributed by atoms with Gasteiger partial charge in [0, 0.05) is 21.8 Å². The first-order valence-electron chi connectivity index (χ1n) is 8.18. The SMILES string of the molecule is COc1ccc2c(Cl)c(C(=O)OCC(=O)Nc3ccc4c(c3)OCO4)sc2c1. The molecule has 0 aliphatic carbocycles. The molecule has 1 amide bonds. The van der Waals surface area contributed by atoms with Gasteiger partial charge < -0.3 is 24.3 Å². The number of methoxy groups -OCH3 is 1. The number of ether oxygens (including phenoxy) is 4. The highest BCUT2D eigenvalue weighted by Crippen LogP contribution is 2.37. The van der Waals surface area contributed by atoms with E-state index in [0.29, 0.717) is 28.0 Å². The van der Waals surface area contributed by atoms with E-state index in [-0.39, 0.29) is 11.7 Å². The van der Waals surface area contributed by atoms with E-state index in [9.17, 15) is 9.59 Å². The number of esters is 1. The Kier molecular flexibility index (Phi) is 4.97. The lowest BCUT2D eigenvalue weighted by Crippen LogP contribution is -2.20. The van der Waals surface area contributed by atoms with Gasteiger partial charge in [-0.05, 0) is 30.3 Å². The minimum absolute atomic E-state index is 0.145. The smallest absolute Gasteiger partial charge is 0.350 e. The van der Waals surface area contributed by atoms with Crippen LogP contribution in [0.4, 0.5) is 5.69 Å². The summed E-state index contributed by atoms with van der Waals surface area (Å²) in [4.78, 5) is 24.7. The zero-order chi connectivity index (χ0) is 19.7. The summed E-state index contributed by atoms with van der Waals surface area (Å²) in [5, 5.41) is 3.66. The van der Waals surface area contributed by atoms with Crippen molar-refractivity contribution < 1.29 is 28.5 Å². The number of carbonyl (C=O) groups excluding carboxylic acids is 2. The van der Waals surface area contributed by atoms with Crippen molar-refractivity contribution >= 4 is 50.6 Å². The lowest BCUT2D eigenvalue weighted by Gasteiger charge is -2.07. The van der Waals surface area contributed by atoms with Crippen LogP contribution >= 0.6 is 22.9 Å². The van der Waals surface area contributed by atoms with E-state index in [0.717, 1.165) is 10.1 Å². The van der Waals surface area contributed by atoms with Gasteiger partial charge in [0.1, 0.15) is 10.6 Å². The normalized spacial score (nSPS) is 12.1. The van der Waals surface area contributed by atoms with Gasteiger partial charge in [-0.25, -0.2) is 4.79 Å². The number of thiophene rings is 1. The Hall–Kier alpha value is -2.97. The Morgan fingerprint density at radius 2 is 2.00 bits per heavy atom. The molecule has 0 spiro atoms. The van der Waals surface area contributed by atoms with E-state index in [1.54, 1.807) is 43.5 Å². The van der Waals surface area contributed by atoms with E-state index in [1.165, 1.54) is 11.3 Å². The van der Waals surface area contributed by atoms with Gasteiger partial charge in [0.15, 0.2) is 18.1 Å². The molecule has 0 radical (unpaired) electrons. The number of hydrogen-bond acceptors (Lipinski definition) is 7.